The van der Waals surface area contributed by atoms with Gasteiger partial charge in [-0.05, 0) is 114 Å². The lowest BCUT2D eigenvalue weighted by Gasteiger charge is -2.44. The van der Waals surface area contributed by atoms with Crippen molar-refractivity contribution in [1.29, 1.82) is 0 Å². The number of nitrogens with one attached hydrogen (secondary N) is 5. The van der Waals surface area contributed by atoms with Crippen molar-refractivity contribution in [2.75, 3.05) is 39.3 Å². The number of carbonyl (C=O) groups excluding carboxylic acids is 3. The molecule has 2 aliphatic rings. The zero-order valence-corrected chi connectivity index (χ0v) is 42.5. The Bertz CT molecular complexity index is 2400. The Hall–Kier alpha value is -5.39. The smallest absolute Gasteiger partial charge is 0.314 e. The molecule has 2 saturated heterocycles. The molecule has 2 heterocycles. The number of hydrogen-bond donors (Lipinski definition) is 8. The van der Waals surface area contributed by atoms with Crippen molar-refractivity contribution in [1.82, 2.24) is 31.5 Å². The molecule has 6 rings (SSSR count). The number of likely N-dealkylation sites (tertiary alicyclic amines) is 1. The number of aliphatic hydroxyl groups is 2. The highest BCUT2D eigenvalue weighted by molar-refractivity contribution is 5.74. The molecule has 4 aromatic carbocycles. The van der Waals surface area contributed by atoms with Crippen molar-refractivity contribution >= 4 is 17.8 Å². The van der Waals surface area contributed by atoms with E-state index in [0.717, 1.165) is 48.2 Å². The molecule has 16 heteroatoms. The summed E-state index contributed by atoms with van der Waals surface area (Å²) in [6.07, 6.45) is 1.42. The molecule has 4 amide bonds. The van der Waals surface area contributed by atoms with Gasteiger partial charge in [0.1, 0.15) is 23.3 Å². The van der Waals surface area contributed by atoms with Gasteiger partial charge in [0.15, 0.2) is 0 Å². The molecule has 0 saturated carbocycles. The lowest BCUT2D eigenvalue weighted by Crippen LogP contribution is -2.59. The van der Waals surface area contributed by atoms with E-state index >= 15 is 0 Å². The zero-order valence-electron chi connectivity index (χ0n) is 42.5. The zero-order chi connectivity index (χ0) is 52.3. The molecule has 4 aromatic rings. The van der Waals surface area contributed by atoms with E-state index < -0.39 is 59.1 Å². The van der Waals surface area contributed by atoms with Crippen LogP contribution in [0.4, 0.5) is 22.4 Å². The number of primary amides is 1. The summed E-state index contributed by atoms with van der Waals surface area (Å²) >= 11 is 0. The molecule has 6 unspecified atom stereocenters. The number of urea groups is 1. The SMILES string of the molecule is CC(=O)NC(Cc1cc(F)cc(F)c1)C(O)CNC1(c2cccc(C(C)(C)C)c2)CCCN(C(N)=O)C1.CC(=O)NC(Cc1cc(F)cc(F)c1)C(O)CNC1(c2cccc(C(C)(C)C)c2)CCCNC1. The Labute approximate surface area is 416 Å². The van der Waals surface area contributed by atoms with Crippen molar-refractivity contribution < 1.29 is 42.2 Å². The highest BCUT2D eigenvalue weighted by Crippen LogP contribution is 2.35. The summed E-state index contributed by atoms with van der Waals surface area (Å²) in [5.41, 5.74) is 9.70. The van der Waals surface area contributed by atoms with Crippen LogP contribution >= 0.6 is 0 Å². The van der Waals surface area contributed by atoms with E-state index in [-0.39, 0.29) is 54.1 Å². The van der Waals surface area contributed by atoms with Crippen molar-refractivity contribution in [3.8, 4) is 0 Å². The summed E-state index contributed by atoms with van der Waals surface area (Å²) in [6, 6.07) is 21.1. The van der Waals surface area contributed by atoms with Crippen molar-refractivity contribution in [3.05, 3.63) is 142 Å². The van der Waals surface area contributed by atoms with Gasteiger partial charge in [0.05, 0.1) is 35.4 Å². The van der Waals surface area contributed by atoms with E-state index in [2.05, 4.69) is 105 Å². The summed E-state index contributed by atoms with van der Waals surface area (Å²) in [7, 11) is 0. The van der Waals surface area contributed by atoms with Gasteiger partial charge in [0.2, 0.25) is 11.8 Å². The third kappa shape index (κ3) is 16.3. The van der Waals surface area contributed by atoms with Gasteiger partial charge < -0.3 is 47.4 Å². The van der Waals surface area contributed by atoms with Crippen LogP contribution < -0.4 is 32.3 Å². The fourth-order valence-corrected chi connectivity index (χ4v) is 9.64. The van der Waals surface area contributed by atoms with Crippen LogP contribution in [0.3, 0.4) is 0 Å². The van der Waals surface area contributed by atoms with E-state index in [0.29, 0.717) is 43.6 Å². The van der Waals surface area contributed by atoms with Crippen LogP contribution in [0.25, 0.3) is 0 Å². The topological polar surface area (TPSA) is 181 Å². The number of nitrogens with two attached hydrogens (primary N) is 1. The average Bonchev–Trinajstić information content (AvgIpc) is 3.29. The lowest BCUT2D eigenvalue weighted by atomic mass is 9.78. The third-order valence-electron chi connectivity index (χ3n) is 13.5. The number of aliphatic hydroxyl groups excluding tert-OH is 2. The summed E-state index contributed by atoms with van der Waals surface area (Å²) in [5, 5.41) is 38.2. The highest BCUT2D eigenvalue weighted by Gasteiger charge is 2.40. The minimum absolute atomic E-state index is 0.00947. The lowest BCUT2D eigenvalue weighted by molar-refractivity contribution is -0.121. The number of amides is 4. The number of hydrogen-bond acceptors (Lipinski definition) is 8. The number of nitrogens with zero attached hydrogens (tertiary/aromatic N) is 1. The van der Waals surface area contributed by atoms with E-state index in [9.17, 15) is 42.2 Å². The molecule has 388 valence electrons. The molecular formula is C55H75F4N7O5. The molecular weight excluding hydrogens is 915 g/mol. The van der Waals surface area contributed by atoms with Gasteiger partial charge in [-0.1, -0.05) is 90.1 Å². The molecule has 0 aliphatic carbocycles. The first-order valence-corrected chi connectivity index (χ1v) is 24.5. The molecule has 0 aromatic heterocycles. The van der Waals surface area contributed by atoms with Crippen LogP contribution in [-0.2, 0) is 44.3 Å². The first kappa shape index (κ1) is 56.5. The fraction of sp³-hybridized carbons (Fsp3) is 0.509. The van der Waals surface area contributed by atoms with Crippen LogP contribution in [0.1, 0.15) is 114 Å². The second-order valence-electron chi connectivity index (χ2n) is 21.4. The summed E-state index contributed by atoms with van der Waals surface area (Å²) in [5.74, 6) is -3.50. The van der Waals surface area contributed by atoms with Gasteiger partial charge in [-0.15, -0.1) is 0 Å². The van der Waals surface area contributed by atoms with Gasteiger partial charge in [0, 0.05) is 58.7 Å². The number of carbonyl (C=O) groups is 3. The predicted octanol–water partition coefficient (Wildman–Crippen LogP) is 6.87. The monoisotopic (exact) mass is 990 g/mol. The van der Waals surface area contributed by atoms with E-state index in [1.807, 2.05) is 12.1 Å². The van der Waals surface area contributed by atoms with Gasteiger partial charge in [-0.3, -0.25) is 9.59 Å². The van der Waals surface area contributed by atoms with E-state index in [1.54, 1.807) is 4.90 Å². The molecule has 0 spiro atoms. The number of piperidine rings is 2. The first-order chi connectivity index (χ1) is 33.3. The Morgan fingerprint density at radius 1 is 0.662 bits per heavy atom. The summed E-state index contributed by atoms with van der Waals surface area (Å²) in [4.78, 5) is 37.4. The Kier molecular flexibility index (Phi) is 19.4. The Morgan fingerprint density at radius 2 is 1.08 bits per heavy atom. The largest absolute Gasteiger partial charge is 0.390 e. The van der Waals surface area contributed by atoms with Crippen molar-refractivity contribution in [2.24, 2.45) is 5.73 Å². The molecule has 12 nitrogen and oxygen atoms in total. The van der Waals surface area contributed by atoms with Gasteiger partial charge in [-0.25, -0.2) is 22.4 Å². The maximum Gasteiger partial charge on any atom is 0.314 e. The van der Waals surface area contributed by atoms with E-state index in [1.165, 1.54) is 43.7 Å². The van der Waals surface area contributed by atoms with Crippen LogP contribution in [0.2, 0.25) is 0 Å². The van der Waals surface area contributed by atoms with Gasteiger partial charge >= 0.3 is 6.03 Å². The predicted molar refractivity (Wildman–Crippen MR) is 269 cm³/mol. The molecule has 71 heavy (non-hydrogen) atoms. The minimum Gasteiger partial charge on any atom is -0.390 e. The average molecular weight is 990 g/mol. The molecule has 6 atom stereocenters. The molecule has 0 bridgehead atoms. The standard InChI is InChI=1S/C28H38F2N4O3.C27H37F2N3O2/c1-18(35)33-24(13-19-11-22(29)15-23(30)12-19)25(36)16-32-28(9-6-10-34(17-28)26(31)37)21-8-5-7-20(14-21)27(2,3)4;1-18(33)32-24(13-19-11-22(28)15-23(29)12-19)25(34)16-31-27(9-6-10-30-17-27)21-8-5-7-20(14-21)26(2,3)4/h5,7-8,11-12,14-15,24-25,32,36H,6,9-10,13,16-17H2,1-4H3,(H2,31,37)(H,33,35);5,7-8,11-12,14-15,24-25,30-31,34H,6,9-10,13,16-17H2,1-4H3,(H,32,33). The molecule has 9 N–H and O–H groups in total. The van der Waals surface area contributed by atoms with Crippen LogP contribution in [0.5, 0.6) is 0 Å². The van der Waals surface area contributed by atoms with Crippen LogP contribution in [0, 0.1) is 23.3 Å². The minimum atomic E-state index is -1.08. The van der Waals surface area contributed by atoms with Gasteiger partial charge in [0.25, 0.3) is 0 Å². The first-order valence-electron chi connectivity index (χ1n) is 24.5. The number of benzene rings is 4. The second-order valence-corrected chi connectivity index (χ2v) is 21.4. The summed E-state index contributed by atoms with van der Waals surface area (Å²) in [6.45, 7) is 18.4. The molecule has 2 aliphatic heterocycles. The van der Waals surface area contributed by atoms with Crippen LogP contribution in [-0.4, -0.2) is 96.5 Å². The third-order valence-corrected chi connectivity index (χ3v) is 13.5. The normalized spacial score (nSPS) is 20.2. The van der Waals surface area contributed by atoms with E-state index in [4.69, 9.17) is 5.73 Å². The number of halogens is 4. The maximum absolute atomic E-state index is 13.7. The second kappa shape index (κ2) is 24.4. The number of rotatable bonds is 16. The van der Waals surface area contributed by atoms with Crippen molar-refractivity contribution in [3.63, 3.8) is 0 Å². The summed E-state index contributed by atoms with van der Waals surface area (Å²) < 4.78 is 54.8. The van der Waals surface area contributed by atoms with Crippen molar-refractivity contribution in [2.45, 2.75) is 140 Å². The Balaban J connectivity index is 0.000000265. The van der Waals surface area contributed by atoms with Gasteiger partial charge in [-0.2, -0.15) is 0 Å². The molecule has 0 radical (unpaired) electrons. The quantitative estimate of drug-likeness (QED) is 0.0561. The maximum atomic E-state index is 13.7. The highest BCUT2D eigenvalue weighted by atomic mass is 19.1. The fourth-order valence-electron chi connectivity index (χ4n) is 9.64. The van der Waals surface area contributed by atoms with Crippen LogP contribution in [0.15, 0.2) is 84.9 Å². The Morgan fingerprint density at radius 3 is 1.48 bits per heavy atom. The molecule has 2 fully saturated rings.